The zero-order valence-electron chi connectivity index (χ0n) is 13.2. The zero-order valence-corrected chi connectivity index (χ0v) is 14.0. The minimum Gasteiger partial charge on any atom is -0.350 e. The van der Waals surface area contributed by atoms with E-state index in [0.717, 1.165) is 34.8 Å². The molecule has 1 N–H and O–H groups in total. The van der Waals surface area contributed by atoms with Gasteiger partial charge >= 0.3 is 0 Å². The molecule has 134 valence electrons. The molecule has 25 heavy (non-hydrogen) atoms. The SMILES string of the molecule is CS(=O)(=O)N(CCNC(=O)c1ccccc1F)c1ccc(F)c(F)c1. The lowest BCUT2D eigenvalue weighted by Crippen LogP contribution is -2.38. The molecule has 0 saturated heterocycles. The van der Waals surface area contributed by atoms with Crippen LogP contribution in [0.15, 0.2) is 42.5 Å². The molecular formula is C16H15F3N2O3S. The van der Waals surface area contributed by atoms with Crippen LogP contribution in [0.2, 0.25) is 0 Å². The van der Waals surface area contributed by atoms with E-state index in [4.69, 9.17) is 0 Å². The van der Waals surface area contributed by atoms with Crippen LogP contribution in [0.4, 0.5) is 18.9 Å². The number of nitrogens with zero attached hydrogens (tertiary/aromatic N) is 1. The highest BCUT2D eigenvalue weighted by Crippen LogP contribution is 2.20. The maximum atomic E-state index is 13.5. The number of halogens is 3. The van der Waals surface area contributed by atoms with Crippen molar-refractivity contribution in [3.05, 3.63) is 65.5 Å². The van der Waals surface area contributed by atoms with Gasteiger partial charge in [0.2, 0.25) is 10.0 Å². The fourth-order valence-corrected chi connectivity index (χ4v) is 3.06. The largest absolute Gasteiger partial charge is 0.350 e. The van der Waals surface area contributed by atoms with Crippen LogP contribution < -0.4 is 9.62 Å². The Kier molecular flexibility index (Phi) is 5.68. The number of hydrogen-bond donors (Lipinski definition) is 1. The Bertz CT molecular complexity index is 888. The summed E-state index contributed by atoms with van der Waals surface area (Å²) in [5.41, 5.74) is -0.261. The van der Waals surface area contributed by atoms with E-state index in [-0.39, 0.29) is 24.3 Å². The number of anilines is 1. The highest BCUT2D eigenvalue weighted by atomic mass is 32.2. The molecule has 0 aromatic heterocycles. The van der Waals surface area contributed by atoms with Crippen LogP contribution in [0.3, 0.4) is 0 Å². The summed E-state index contributed by atoms with van der Waals surface area (Å²) in [6.45, 7) is -0.386. The number of carbonyl (C=O) groups excluding carboxylic acids is 1. The van der Waals surface area contributed by atoms with Crippen LogP contribution in [0.25, 0.3) is 0 Å². The van der Waals surface area contributed by atoms with Gasteiger partial charge in [0.1, 0.15) is 5.82 Å². The Labute approximate surface area is 143 Å². The van der Waals surface area contributed by atoms with Gasteiger partial charge < -0.3 is 5.32 Å². The number of rotatable bonds is 6. The first-order chi connectivity index (χ1) is 11.7. The van der Waals surface area contributed by atoms with E-state index in [2.05, 4.69) is 5.32 Å². The Morgan fingerprint density at radius 3 is 2.32 bits per heavy atom. The number of carbonyl (C=O) groups is 1. The van der Waals surface area contributed by atoms with Gasteiger partial charge in [-0.1, -0.05) is 12.1 Å². The molecule has 0 bridgehead atoms. The van der Waals surface area contributed by atoms with Crippen LogP contribution in [0.1, 0.15) is 10.4 Å². The lowest BCUT2D eigenvalue weighted by molar-refractivity contribution is 0.0951. The van der Waals surface area contributed by atoms with Crippen molar-refractivity contribution in [2.75, 3.05) is 23.7 Å². The van der Waals surface area contributed by atoms with Gasteiger partial charge in [0.25, 0.3) is 5.91 Å². The standard InChI is InChI=1S/C16H15F3N2O3S/c1-25(23,24)21(11-6-7-14(18)15(19)10-11)9-8-20-16(22)12-4-2-3-5-13(12)17/h2-7,10H,8-9H2,1H3,(H,20,22). The first kappa shape index (κ1) is 18.8. The van der Waals surface area contributed by atoms with Crippen LogP contribution in [0.5, 0.6) is 0 Å². The van der Waals surface area contributed by atoms with Gasteiger partial charge in [-0.2, -0.15) is 0 Å². The molecule has 0 aliphatic rings. The van der Waals surface area contributed by atoms with E-state index in [9.17, 15) is 26.4 Å². The van der Waals surface area contributed by atoms with Crippen molar-refractivity contribution < 1.29 is 26.4 Å². The summed E-state index contributed by atoms with van der Waals surface area (Å²) in [5.74, 6) is -3.72. The molecule has 0 saturated carbocycles. The molecule has 0 spiro atoms. The second-order valence-corrected chi connectivity index (χ2v) is 7.08. The van der Waals surface area contributed by atoms with Crippen molar-refractivity contribution in [3.8, 4) is 0 Å². The van der Waals surface area contributed by atoms with E-state index in [1.807, 2.05) is 0 Å². The predicted octanol–water partition coefficient (Wildman–Crippen LogP) is 2.30. The molecule has 2 aromatic carbocycles. The van der Waals surface area contributed by atoms with Gasteiger partial charge in [0, 0.05) is 12.6 Å². The van der Waals surface area contributed by atoms with Gasteiger partial charge in [-0.3, -0.25) is 9.10 Å². The van der Waals surface area contributed by atoms with E-state index < -0.39 is 33.4 Å². The molecule has 0 heterocycles. The first-order valence-corrected chi connectivity index (χ1v) is 9.00. The van der Waals surface area contributed by atoms with Crippen molar-refractivity contribution in [1.82, 2.24) is 5.32 Å². The third-order valence-electron chi connectivity index (χ3n) is 3.31. The second-order valence-electron chi connectivity index (χ2n) is 5.17. The third kappa shape index (κ3) is 4.72. The topological polar surface area (TPSA) is 66.5 Å². The Morgan fingerprint density at radius 2 is 1.72 bits per heavy atom. The Balaban J connectivity index is 2.10. The van der Waals surface area contributed by atoms with Crippen molar-refractivity contribution in [2.24, 2.45) is 0 Å². The van der Waals surface area contributed by atoms with E-state index in [1.165, 1.54) is 18.2 Å². The van der Waals surface area contributed by atoms with Crippen molar-refractivity contribution in [2.45, 2.75) is 0 Å². The summed E-state index contributed by atoms with van der Waals surface area (Å²) in [6, 6.07) is 7.99. The number of sulfonamides is 1. The molecular weight excluding hydrogens is 357 g/mol. The van der Waals surface area contributed by atoms with Crippen LogP contribution in [0, 0.1) is 17.5 Å². The smallest absolute Gasteiger partial charge is 0.254 e. The summed E-state index contributed by atoms with van der Waals surface area (Å²) in [6.07, 6.45) is 0.896. The summed E-state index contributed by atoms with van der Waals surface area (Å²) >= 11 is 0. The fourth-order valence-electron chi connectivity index (χ4n) is 2.14. The molecule has 0 aliphatic heterocycles. The van der Waals surface area contributed by atoms with E-state index in [1.54, 1.807) is 0 Å². The monoisotopic (exact) mass is 372 g/mol. The lowest BCUT2D eigenvalue weighted by atomic mass is 10.2. The Morgan fingerprint density at radius 1 is 1.04 bits per heavy atom. The van der Waals surface area contributed by atoms with Crippen LogP contribution >= 0.6 is 0 Å². The minimum atomic E-state index is -3.80. The number of hydrogen-bond acceptors (Lipinski definition) is 3. The normalized spacial score (nSPS) is 11.2. The highest BCUT2D eigenvalue weighted by Gasteiger charge is 2.19. The molecule has 2 aromatic rings. The summed E-state index contributed by atoms with van der Waals surface area (Å²) in [4.78, 5) is 11.9. The van der Waals surface area contributed by atoms with E-state index >= 15 is 0 Å². The van der Waals surface area contributed by atoms with Crippen molar-refractivity contribution in [1.29, 1.82) is 0 Å². The number of amides is 1. The number of benzene rings is 2. The summed E-state index contributed by atoms with van der Waals surface area (Å²) < 4.78 is 64.4. The zero-order chi connectivity index (χ0) is 18.6. The maximum absolute atomic E-state index is 13.5. The highest BCUT2D eigenvalue weighted by molar-refractivity contribution is 7.92. The maximum Gasteiger partial charge on any atom is 0.254 e. The lowest BCUT2D eigenvalue weighted by Gasteiger charge is -2.22. The molecule has 0 fully saturated rings. The van der Waals surface area contributed by atoms with Crippen LogP contribution in [-0.2, 0) is 10.0 Å². The van der Waals surface area contributed by atoms with E-state index in [0.29, 0.717) is 0 Å². The van der Waals surface area contributed by atoms with Crippen molar-refractivity contribution >= 4 is 21.6 Å². The summed E-state index contributed by atoms with van der Waals surface area (Å²) in [7, 11) is -3.80. The van der Waals surface area contributed by atoms with Gasteiger partial charge in [-0.05, 0) is 24.3 Å². The van der Waals surface area contributed by atoms with Gasteiger partial charge in [-0.15, -0.1) is 0 Å². The fraction of sp³-hybridized carbons (Fsp3) is 0.188. The molecule has 0 aliphatic carbocycles. The molecule has 2 rings (SSSR count). The quantitative estimate of drug-likeness (QED) is 0.846. The molecule has 0 atom stereocenters. The van der Waals surface area contributed by atoms with Gasteiger partial charge in [-0.25, -0.2) is 21.6 Å². The summed E-state index contributed by atoms with van der Waals surface area (Å²) in [5, 5.41) is 2.39. The van der Waals surface area contributed by atoms with Crippen LogP contribution in [-0.4, -0.2) is 33.7 Å². The molecule has 0 radical (unpaired) electrons. The average Bonchev–Trinajstić information content (AvgIpc) is 2.53. The third-order valence-corrected chi connectivity index (χ3v) is 4.50. The van der Waals surface area contributed by atoms with Gasteiger partial charge in [0.15, 0.2) is 11.6 Å². The van der Waals surface area contributed by atoms with Gasteiger partial charge in [0.05, 0.1) is 24.1 Å². The molecule has 1 amide bonds. The first-order valence-electron chi connectivity index (χ1n) is 7.15. The van der Waals surface area contributed by atoms with Crippen molar-refractivity contribution in [3.63, 3.8) is 0 Å². The average molecular weight is 372 g/mol. The molecule has 9 heteroatoms. The Hall–Kier alpha value is -2.55. The minimum absolute atomic E-state index is 0.0819. The second kappa shape index (κ2) is 7.56. The molecule has 5 nitrogen and oxygen atoms in total. The molecule has 0 unspecified atom stereocenters. The predicted molar refractivity (Wildman–Crippen MR) is 87.3 cm³/mol. The number of nitrogens with one attached hydrogen (secondary N) is 1.